The van der Waals surface area contributed by atoms with Crippen LogP contribution in [0.4, 0.5) is 4.39 Å². The summed E-state index contributed by atoms with van der Waals surface area (Å²) in [5.41, 5.74) is 3.33. The molecule has 19 heavy (non-hydrogen) atoms. The van der Waals surface area contributed by atoms with E-state index in [1.54, 1.807) is 10.9 Å². The van der Waals surface area contributed by atoms with Crippen LogP contribution in [0.5, 0.6) is 0 Å². The summed E-state index contributed by atoms with van der Waals surface area (Å²) in [6.07, 6.45) is 5.70. The van der Waals surface area contributed by atoms with Crippen molar-refractivity contribution >= 4 is 0 Å². The van der Waals surface area contributed by atoms with Crippen molar-refractivity contribution in [3.63, 3.8) is 0 Å². The molecule has 0 aliphatic heterocycles. The summed E-state index contributed by atoms with van der Waals surface area (Å²) in [5, 5.41) is 11.8. The van der Waals surface area contributed by atoms with Crippen LogP contribution in [-0.4, -0.2) is 26.2 Å². The molecule has 2 heterocycles. The van der Waals surface area contributed by atoms with Crippen molar-refractivity contribution in [3.8, 4) is 0 Å². The zero-order chi connectivity index (χ0) is 13.7. The summed E-state index contributed by atoms with van der Waals surface area (Å²) >= 11 is 0. The molecule has 2 rings (SSSR count). The molecule has 0 aliphatic carbocycles. The minimum Gasteiger partial charge on any atom is -0.308 e. The highest BCUT2D eigenvalue weighted by Crippen LogP contribution is 2.06. The number of aryl methyl sites for hydroxylation is 3. The monoisotopic (exact) mass is 265 g/mol. The van der Waals surface area contributed by atoms with E-state index in [-0.39, 0.29) is 6.67 Å². The van der Waals surface area contributed by atoms with Gasteiger partial charge in [-0.25, -0.2) is 4.39 Å². The second-order valence-corrected chi connectivity index (χ2v) is 4.50. The minimum absolute atomic E-state index is 0.322. The van der Waals surface area contributed by atoms with Gasteiger partial charge in [-0.15, -0.1) is 0 Å². The summed E-state index contributed by atoms with van der Waals surface area (Å²) in [7, 11) is 0. The fourth-order valence-electron chi connectivity index (χ4n) is 1.94. The Labute approximate surface area is 112 Å². The molecule has 5 nitrogen and oxygen atoms in total. The fraction of sp³-hybridized carbons (Fsp3) is 0.538. The van der Waals surface area contributed by atoms with Crippen molar-refractivity contribution in [1.82, 2.24) is 24.9 Å². The van der Waals surface area contributed by atoms with Gasteiger partial charge in [0.05, 0.1) is 18.4 Å². The van der Waals surface area contributed by atoms with Crippen molar-refractivity contribution in [2.45, 2.75) is 40.0 Å². The van der Waals surface area contributed by atoms with Crippen LogP contribution in [0.15, 0.2) is 18.6 Å². The summed E-state index contributed by atoms with van der Waals surface area (Å²) in [4.78, 5) is 0. The third-order valence-electron chi connectivity index (χ3n) is 3.02. The smallest absolute Gasteiger partial charge is 0.109 e. The van der Waals surface area contributed by atoms with Gasteiger partial charge in [0.1, 0.15) is 6.67 Å². The van der Waals surface area contributed by atoms with Crippen LogP contribution >= 0.6 is 0 Å². The fourth-order valence-corrected chi connectivity index (χ4v) is 1.94. The number of alkyl halides is 1. The van der Waals surface area contributed by atoms with Crippen molar-refractivity contribution in [2.75, 3.05) is 6.67 Å². The molecule has 0 atom stereocenters. The van der Waals surface area contributed by atoms with Crippen molar-refractivity contribution in [1.29, 1.82) is 0 Å². The van der Waals surface area contributed by atoms with Crippen molar-refractivity contribution < 1.29 is 4.39 Å². The van der Waals surface area contributed by atoms with Gasteiger partial charge in [-0.05, 0) is 13.8 Å². The van der Waals surface area contributed by atoms with Gasteiger partial charge >= 0.3 is 0 Å². The normalized spacial score (nSPS) is 11.1. The van der Waals surface area contributed by atoms with Gasteiger partial charge in [-0.3, -0.25) is 9.36 Å². The zero-order valence-electron chi connectivity index (χ0n) is 11.4. The molecular formula is C13H20FN5. The van der Waals surface area contributed by atoms with E-state index in [2.05, 4.69) is 28.6 Å². The summed E-state index contributed by atoms with van der Waals surface area (Å²) < 4.78 is 15.7. The molecule has 0 spiro atoms. The Morgan fingerprint density at radius 3 is 2.79 bits per heavy atom. The molecule has 2 aromatic heterocycles. The number of hydrogen-bond donors (Lipinski definition) is 1. The lowest BCUT2D eigenvalue weighted by molar-refractivity contribution is 0.427. The van der Waals surface area contributed by atoms with Crippen LogP contribution in [0.3, 0.4) is 0 Å². The maximum atomic E-state index is 12.2. The second kappa shape index (κ2) is 6.47. The zero-order valence-corrected chi connectivity index (χ0v) is 11.4. The van der Waals surface area contributed by atoms with Crippen molar-refractivity contribution in [3.05, 3.63) is 35.4 Å². The topological polar surface area (TPSA) is 47.7 Å². The number of halogens is 1. The highest BCUT2D eigenvalue weighted by molar-refractivity contribution is 5.15. The average Bonchev–Trinajstić information content (AvgIpc) is 2.98. The molecule has 0 aromatic carbocycles. The first-order valence-electron chi connectivity index (χ1n) is 6.54. The highest BCUT2D eigenvalue weighted by Gasteiger charge is 2.04. The number of aromatic nitrogens is 4. The van der Waals surface area contributed by atoms with E-state index >= 15 is 0 Å². The second-order valence-electron chi connectivity index (χ2n) is 4.50. The van der Waals surface area contributed by atoms with E-state index < -0.39 is 0 Å². The van der Waals surface area contributed by atoms with Crippen LogP contribution in [0, 0.1) is 6.92 Å². The van der Waals surface area contributed by atoms with Gasteiger partial charge in [-0.1, -0.05) is 0 Å². The average molecular weight is 265 g/mol. The molecule has 0 bridgehead atoms. The van der Waals surface area contributed by atoms with E-state index in [9.17, 15) is 4.39 Å². The molecule has 0 saturated carbocycles. The molecule has 0 unspecified atom stereocenters. The van der Waals surface area contributed by atoms with Crippen LogP contribution in [0.2, 0.25) is 0 Å². The lowest BCUT2D eigenvalue weighted by atomic mass is 10.2. The van der Waals surface area contributed by atoms with Gasteiger partial charge in [0.25, 0.3) is 0 Å². The summed E-state index contributed by atoms with van der Waals surface area (Å²) in [6, 6.07) is 0. The lowest BCUT2D eigenvalue weighted by Gasteiger charge is -2.01. The van der Waals surface area contributed by atoms with Crippen LogP contribution < -0.4 is 5.32 Å². The minimum atomic E-state index is -0.385. The third kappa shape index (κ3) is 3.64. The van der Waals surface area contributed by atoms with Crippen LogP contribution in [-0.2, 0) is 26.2 Å². The van der Waals surface area contributed by atoms with Crippen LogP contribution in [0.25, 0.3) is 0 Å². The number of nitrogens with one attached hydrogen (secondary N) is 1. The first kappa shape index (κ1) is 13.7. The number of rotatable bonds is 7. The standard InChI is InChI=1S/C13H20FN5/c1-3-18-10-13(11(2)17-18)8-15-6-12-7-16-19(9-12)5-4-14/h7,9-10,15H,3-6,8H2,1-2H3. The van der Waals surface area contributed by atoms with E-state index in [0.717, 1.165) is 30.9 Å². The van der Waals surface area contributed by atoms with E-state index in [0.29, 0.717) is 6.54 Å². The molecule has 2 aromatic rings. The molecule has 0 radical (unpaired) electrons. The van der Waals surface area contributed by atoms with E-state index in [1.807, 2.05) is 17.8 Å². The third-order valence-corrected chi connectivity index (χ3v) is 3.02. The Morgan fingerprint density at radius 1 is 1.26 bits per heavy atom. The Morgan fingerprint density at radius 2 is 2.11 bits per heavy atom. The molecule has 0 amide bonds. The van der Waals surface area contributed by atoms with Gasteiger partial charge in [0, 0.05) is 43.2 Å². The van der Waals surface area contributed by atoms with E-state index in [1.165, 1.54) is 5.56 Å². The number of hydrogen-bond acceptors (Lipinski definition) is 3. The Balaban J connectivity index is 1.83. The molecule has 0 fully saturated rings. The predicted octanol–water partition coefficient (Wildman–Crippen LogP) is 1.67. The van der Waals surface area contributed by atoms with Gasteiger partial charge in [0.2, 0.25) is 0 Å². The maximum absolute atomic E-state index is 12.2. The Hall–Kier alpha value is -1.69. The van der Waals surface area contributed by atoms with E-state index in [4.69, 9.17) is 0 Å². The molecule has 104 valence electrons. The Kier molecular flexibility index (Phi) is 4.68. The molecule has 0 saturated heterocycles. The predicted molar refractivity (Wildman–Crippen MR) is 71.4 cm³/mol. The first-order chi connectivity index (χ1) is 9.22. The summed E-state index contributed by atoms with van der Waals surface area (Å²) in [5.74, 6) is 0. The quantitative estimate of drug-likeness (QED) is 0.828. The largest absolute Gasteiger partial charge is 0.308 e. The summed E-state index contributed by atoms with van der Waals surface area (Å²) in [6.45, 7) is 6.41. The molecule has 1 N–H and O–H groups in total. The molecular weight excluding hydrogens is 245 g/mol. The highest BCUT2D eigenvalue weighted by atomic mass is 19.1. The van der Waals surface area contributed by atoms with Crippen molar-refractivity contribution in [2.24, 2.45) is 0 Å². The number of nitrogens with zero attached hydrogens (tertiary/aromatic N) is 4. The van der Waals surface area contributed by atoms with Crippen LogP contribution in [0.1, 0.15) is 23.7 Å². The molecule has 6 heteroatoms. The maximum Gasteiger partial charge on any atom is 0.109 e. The van der Waals surface area contributed by atoms with Gasteiger partial charge in [-0.2, -0.15) is 10.2 Å². The van der Waals surface area contributed by atoms with Gasteiger partial charge in [0.15, 0.2) is 0 Å². The Bertz CT molecular complexity index is 517. The lowest BCUT2D eigenvalue weighted by Crippen LogP contribution is -2.12. The first-order valence-corrected chi connectivity index (χ1v) is 6.54. The SMILES string of the molecule is CCn1cc(CNCc2cnn(CCF)c2)c(C)n1. The molecule has 0 aliphatic rings. The van der Waals surface area contributed by atoms with Gasteiger partial charge < -0.3 is 5.32 Å².